The molecule has 8 aliphatic heterocycles. The van der Waals surface area contributed by atoms with Crippen LogP contribution in [-0.2, 0) is 9.53 Å². The fraction of sp³-hybridized carbons (Fsp3) is 0.422. The molecule has 139 heavy (non-hydrogen) atoms. The molecular weight excluding hydrogens is 1790 g/mol. The number of fused-ring (bicyclic) bond motifs is 8. The fourth-order valence-electron chi connectivity index (χ4n) is 19.4. The van der Waals surface area contributed by atoms with Crippen molar-refractivity contribution in [2.75, 3.05) is 181 Å². The Morgan fingerprint density at radius 1 is 0.367 bits per heavy atom. The third-order valence-corrected chi connectivity index (χ3v) is 26.8. The lowest BCUT2D eigenvalue weighted by Crippen LogP contribution is -2.54. The second kappa shape index (κ2) is 45.2. The number of benzene rings is 8. The minimum atomic E-state index is -0.327. The lowest BCUT2D eigenvalue weighted by Gasteiger charge is -2.25. The van der Waals surface area contributed by atoms with E-state index in [0.29, 0.717) is 165 Å². The van der Waals surface area contributed by atoms with Crippen molar-refractivity contribution in [3.05, 3.63) is 192 Å². The van der Waals surface area contributed by atoms with Crippen LogP contribution in [0.15, 0.2) is 147 Å². The number of anilines is 8. The summed E-state index contributed by atoms with van der Waals surface area (Å²) in [5.41, 5.74) is 8.07. The summed E-state index contributed by atoms with van der Waals surface area (Å²) in [6.45, 7) is 24.2. The van der Waals surface area contributed by atoms with Gasteiger partial charge in [0.2, 0.25) is 5.91 Å². The maximum Gasteiger partial charge on any atom is 0.407 e. The van der Waals surface area contributed by atoms with Crippen LogP contribution >= 0.6 is 0 Å². The monoisotopic (exact) mass is 1910 g/mol. The summed E-state index contributed by atoms with van der Waals surface area (Å²) in [4.78, 5) is 79.3. The quantitative estimate of drug-likeness (QED) is 0.0140. The van der Waals surface area contributed by atoms with Crippen LogP contribution in [0.3, 0.4) is 0 Å². The molecule has 8 saturated heterocycles. The normalized spacial score (nSPS) is 19.9. The number of amides is 4. The van der Waals surface area contributed by atoms with Crippen LogP contribution in [0.5, 0.6) is 46.0 Å². The minimum absolute atomic E-state index is 0.0766. The van der Waals surface area contributed by atoms with Gasteiger partial charge in [-0.1, -0.05) is 0 Å². The van der Waals surface area contributed by atoms with Gasteiger partial charge in [0.05, 0.1) is 89.6 Å². The summed E-state index contributed by atoms with van der Waals surface area (Å²) in [5, 5.41) is 31.6. The molecule has 0 radical (unpaired) electrons. The van der Waals surface area contributed by atoms with Gasteiger partial charge in [-0.15, -0.1) is 0 Å². The molecule has 0 bridgehead atoms. The summed E-state index contributed by atoms with van der Waals surface area (Å²) in [5.74, 6) is 9.55. The van der Waals surface area contributed by atoms with Crippen LogP contribution in [0.2, 0.25) is 0 Å². The second-order valence-electron chi connectivity index (χ2n) is 36.5. The number of alkyl carbamates (subject to hydrolysis) is 1. The van der Waals surface area contributed by atoms with Gasteiger partial charge in [-0.2, -0.15) is 0 Å². The van der Waals surface area contributed by atoms with Gasteiger partial charge >= 0.3 is 12.1 Å². The number of carbonyl (C=O) groups excluding carboxylic acids is 3. The van der Waals surface area contributed by atoms with E-state index >= 15 is 0 Å². The van der Waals surface area contributed by atoms with Crippen LogP contribution in [0.25, 0.3) is 43.6 Å². The average Bonchev–Trinajstić information content (AvgIpc) is 1.80. The number of piperidine rings is 2. The molecule has 8 unspecified atom stereocenters. The number of nitrogens with one attached hydrogen (secondary N) is 9. The predicted molar refractivity (Wildman–Crippen MR) is 523 cm³/mol. The molecule has 9 N–H and O–H groups in total. The highest BCUT2D eigenvalue weighted by Crippen LogP contribution is 2.42. The summed E-state index contributed by atoms with van der Waals surface area (Å²) < 4.78 is 106. The largest absolute Gasteiger partial charge is 0.493 e. The van der Waals surface area contributed by atoms with Crippen molar-refractivity contribution in [3.8, 4) is 46.0 Å². The second-order valence-corrected chi connectivity index (χ2v) is 36.5. The molecule has 12 heterocycles. The molecule has 37 heteroatoms. The Morgan fingerprint density at radius 2 is 0.705 bits per heavy atom. The summed E-state index contributed by atoms with van der Waals surface area (Å²) in [6, 6.07) is 34.9. The Labute approximate surface area is 803 Å². The molecular formula is C102H119F4N21O12. The average molecular weight is 1910 g/mol. The van der Waals surface area contributed by atoms with Crippen LogP contribution in [0.1, 0.15) is 67.2 Å². The molecule has 12 aromatic rings. The van der Waals surface area contributed by atoms with Gasteiger partial charge in [-0.3, -0.25) is 4.79 Å². The fourth-order valence-corrected chi connectivity index (χ4v) is 19.4. The summed E-state index contributed by atoms with van der Waals surface area (Å²) in [7, 11) is 6.44. The molecule has 8 aliphatic rings. The van der Waals surface area contributed by atoms with Crippen molar-refractivity contribution >= 4 is 108 Å². The van der Waals surface area contributed by atoms with E-state index < -0.39 is 0 Å². The molecule has 4 amide bonds. The maximum atomic E-state index is 13.7. The number of hydrogen-bond acceptors (Lipinski definition) is 29. The zero-order chi connectivity index (χ0) is 96.6. The number of nitrogens with zero attached hydrogens (tertiary/aromatic N) is 12. The van der Waals surface area contributed by atoms with Gasteiger partial charge in [-0.25, -0.2) is 67.0 Å². The van der Waals surface area contributed by atoms with Crippen molar-refractivity contribution in [2.24, 2.45) is 29.6 Å². The molecule has 4 aromatic heterocycles. The van der Waals surface area contributed by atoms with Gasteiger partial charge < -0.3 is 110 Å². The zero-order valence-electron chi connectivity index (χ0n) is 79.3. The Kier molecular flexibility index (Phi) is 31.5. The Hall–Kier alpha value is -13.8. The molecule has 732 valence electrons. The van der Waals surface area contributed by atoms with Gasteiger partial charge in [-0.05, 0) is 216 Å². The van der Waals surface area contributed by atoms with E-state index in [4.69, 9.17) is 42.6 Å². The first-order valence-corrected chi connectivity index (χ1v) is 47.4. The Balaban J connectivity index is 0.000000128. The number of ether oxygens (including phenoxy) is 9. The Bertz CT molecular complexity index is 5910. The first-order valence-electron chi connectivity index (χ1n) is 47.4. The highest BCUT2D eigenvalue weighted by molar-refractivity contribution is 5.96. The first-order chi connectivity index (χ1) is 67.6. The number of cyclic esters (lactones) is 1. The van der Waals surface area contributed by atoms with Crippen LogP contribution in [0.4, 0.5) is 73.2 Å². The number of carbonyl (C=O) groups is 3. The van der Waals surface area contributed by atoms with Crippen molar-refractivity contribution in [3.63, 3.8) is 0 Å². The molecule has 0 saturated carbocycles. The number of urea groups is 1. The molecule has 8 aromatic carbocycles. The SMILES string of the molecule is COc1cc2ncnc(Nc3ccc(F)c(C)c3)c2cc1OCCCN1CC2CCC(=O)NC2C1.COc1cc2ncnc(Nc3ccc(F)c(C)c3)c2cc1OCCCN1CC2CCNCC2C1.COc1cc2ncnc(Nc3ccc(F)c(C)c3)c2cc1OCCCN1CC2CNC(=O)NC2C1.COc1cc2ncnc(Nc3ccc(F)c(C)c3)c2cc1OCCCN1CC2COC(=O)NC2C1. The van der Waals surface area contributed by atoms with E-state index in [1.54, 1.807) is 105 Å². The third-order valence-electron chi connectivity index (χ3n) is 26.8. The minimum Gasteiger partial charge on any atom is -0.493 e. The highest BCUT2D eigenvalue weighted by atomic mass is 19.1. The molecule has 0 spiro atoms. The van der Waals surface area contributed by atoms with E-state index in [1.165, 1.54) is 69.1 Å². The van der Waals surface area contributed by atoms with E-state index in [-0.39, 0.29) is 59.4 Å². The lowest BCUT2D eigenvalue weighted by atomic mass is 9.90. The van der Waals surface area contributed by atoms with Crippen molar-refractivity contribution < 1.29 is 74.6 Å². The van der Waals surface area contributed by atoms with E-state index in [2.05, 4.69) is 107 Å². The number of likely N-dealkylation sites (tertiary alicyclic amines) is 4. The topological polar surface area (TPSA) is 359 Å². The zero-order valence-corrected chi connectivity index (χ0v) is 79.3. The number of rotatable bonds is 32. The summed E-state index contributed by atoms with van der Waals surface area (Å²) in [6.07, 6.45) is 12.0. The van der Waals surface area contributed by atoms with Crippen molar-refractivity contribution in [2.45, 2.75) is 90.8 Å². The maximum absolute atomic E-state index is 13.7. The summed E-state index contributed by atoms with van der Waals surface area (Å²) >= 11 is 0. The van der Waals surface area contributed by atoms with Gasteiger partial charge in [0.1, 0.15) is 71.8 Å². The van der Waals surface area contributed by atoms with Crippen LogP contribution in [0, 0.1) is 80.6 Å². The third kappa shape index (κ3) is 24.3. The first kappa shape index (κ1) is 96.9. The van der Waals surface area contributed by atoms with E-state index in [9.17, 15) is 31.9 Å². The predicted octanol–water partition coefficient (Wildman–Crippen LogP) is 14.8. The van der Waals surface area contributed by atoms with Crippen molar-refractivity contribution in [1.29, 1.82) is 0 Å². The van der Waals surface area contributed by atoms with Crippen LogP contribution < -0.4 is 85.7 Å². The number of aryl methyl sites for hydroxylation is 4. The van der Waals surface area contributed by atoms with Gasteiger partial charge in [0.15, 0.2) is 46.0 Å². The highest BCUT2D eigenvalue weighted by Gasteiger charge is 2.41. The van der Waals surface area contributed by atoms with Crippen LogP contribution in [-0.4, -0.2) is 255 Å². The molecule has 0 aliphatic carbocycles. The van der Waals surface area contributed by atoms with Gasteiger partial charge in [0, 0.05) is 184 Å². The number of aromatic nitrogens is 8. The van der Waals surface area contributed by atoms with E-state index in [0.717, 1.165) is 179 Å². The van der Waals surface area contributed by atoms with E-state index in [1.807, 2.05) is 48.5 Å². The number of hydrogen-bond donors (Lipinski definition) is 9. The molecule has 8 atom stereocenters. The molecule has 33 nitrogen and oxygen atoms in total. The molecule has 8 fully saturated rings. The molecule has 20 rings (SSSR count). The Morgan fingerprint density at radius 3 is 1.07 bits per heavy atom. The lowest BCUT2D eigenvalue weighted by molar-refractivity contribution is -0.123. The van der Waals surface area contributed by atoms with Gasteiger partial charge in [0.25, 0.3) is 0 Å². The number of methoxy groups -OCH3 is 4. The number of halogens is 4. The smallest absolute Gasteiger partial charge is 0.407 e. The van der Waals surface area contributed by atoms with Crippen molar-refractivity contribution in [1.82, 2.24) is 86.1 Å². The standard InChI is InChI=1S/C26H30FN5O3.C26H32FN5O2.C25H29FN6O3.C25H28FN5O4/c1-16-10-18(5-6-20(16)27)30-26-19-11-24(23(34-2)12-21(19)28-15-29-26)35-9-3-8-32-13-17-4-7-25(33)31-22(17)14-32;1-17-10-20(4-5-22(17)27)31-26-21-11-25(24(33-2)12-23(21)29-16-30-26)34-9-3-8-32-14-18-6-7-28-13-19(18)15-32;1-15-8-17(4-5-19(15)26)30-24-18-9-23(22(34-2)10-20(18)28-14-29-24)35-7-3-6-32-12-16-11-27-25(33)31-21(16)13-32;1-15-8-17(4-5-19(15)26)29-24-18-9-23(22(33-2)10-20(18)27-14-28-24)34-7-3-6-31-11-16-13-35-25(32)30-21(16)12-31/h5-6,10-12,15,17,22H,3-4,7-9,13-14H2,1-2H3,(H,31,33)(H,28,29,30);4-5,10-12,16,18-19,28H,3,6-9,13-15H2,1-2H3,(H,29,30,31);4-5,8-10,14,16,21H,3,6-7,11-13H2,1-2H3,(H2,27,31,33)(H,28,29,30);4-5,8-10,14,16,21H,3,6-7,11-13H2,1-2H3,(H,30,32)(H,27,28,29).